The van der Waals surface area contributed by atoms with Crippen LogP contribution in [-0.4, -0.2) is 17.0 Å². The first-order valence-electron chi connectivity index (χ1n) is 5.44. The fraction of sp³-hybridized carbons (Fsp3) is 0.0769. The number of thiocarbonyl (C=S) groups is 1. The van der Waals surface area contributed by atoms with Crippen LogP contribution in [0.15, 0.2) is 36.5 Å². The first kappa shape index (κ1) is 14.1. The number of pyridine rings is 1. The third-order valence-corrected chi connectivity index (χ3v) is 3.34. The number of aromatic nitrogens is 1. The fourth-order valence-electron chi connectivity index (χ4n) is 1.74. The predicted molar refractivity (Wildman–Crippen MR) is 84.6 cm³/mol. The summed E-state index contributed by atoms with van der Waals surface area (Å²) in [6.07, 6.45) is 1.54. The Morgan fingerprint density at radius 1 is 1.32 bits per heavy atom. The van der Waals surface area contributed by atoms with Crippen molar-refractivity contribution in [3.05, 3.63) is 52.1 Å². The van der Waals surface area contributed by atoms with E-state index in [-0.39, 0.29) is 0 Å². The maximum atomic E-state index is 6.15. The molecule has 6 heteroatoms. The van der Waals surface area contributed by atoms with Gasteiger partial charge in [0, 0.05) is 18.8 Å². The number of hydrogen-bond acceptors (Lipinski definition) is 3. The average Bonchev–Trinajstić information content (AvgIpc) is 2.38. The predicted octanol–water partition coefficient (Wildman–Crippen LogP) is 3.79. The molecular formula is C13H11Cl2N3S. The normalized spacial score (nSPS) is 10.3. The lowest BCUT2D eigenvalue weighted by atomic mass is 10.1. The van der Waals surface area contributed by atoms with E-state index in [1.165, 1.54) is 0 Å². The van der Waals surface area contributed by atoms with E-state index in [0.717, 1.165) is 11.3 Å². The standard InChI is InChI=1S/C13H11Cl2N3S/c1-18(13-10(15)6-8(14)7-17-13)11-5-3-2-4-9(11)12(16)19/h2-7H,1H3,(H2,16,19). The van der Waals surface area contributed by atoms with Gasteiger partial charge in [0.2, 0.25) is 0 Å². The Morgan fingerprint density at radius 3 is 2.63 bits per heavy atom. The highest BCUT2D eigenvalue weighted by molar-refractivity contribution is 7.80. The van der Waals surface area contributed by atoms with Crippen molar-refractivity contribution in [1.29, 1.82) is 0 Å². The van der Waals surface area contributed by atoms with E-state index < -0.39 is 0 Å². The smallest absolute Gasteiger partial charge is 0.151 e. The van der Waals surface area contributed by atoms with E-state index in [2.05, 4.69) is 4.98 Å². The Bertz CT molecular complexity index is 631. The zero-order chi connectivity index (χ0) is 14.0. The largest absolute Gasteiger partial charge is 0.389 e. The van der Waals surface area contributed by atoms with Gasteiger partial charge in [0.25, 0.3) is 0 Å². The fourth-order valence-corrected chi connectivity index (χ4v) is 2.42. The summed E-state index contributed by atoms with van der Waals surface area (Å²) in [4.78, 5) is 6.39. The van der Waals surface area contributed by atoms with E-state index in [1.807, 2.05) is 36.2 Å². The van der Waals surface area contributed by atoms with Crippen molar-refractivity contribution in [1.82, 2.24) is 4.98 Å². The highest BCUT2D eigenvalue weighted by Crippen LogP contribution is 2.31. The molecule has 0 bridgehead atoms. The molecule has 1 aromatic carbocycles. The molecule has 3 nitrogen and oxygen atoms in total. The Balaban J connectivity index is 2.50. The van der Waals surface area contributed by atoms with Gasteiger partial charge in [0.1, 0.15) is 4.99 Å². The van der Waals surface area contributed by atoms with Gasteiger partial charge in [-0.25, -0.2) is 4.98 Å². The number of para-hydroxylation sites is 1. The molecule has 0 spiro atoms. The number of halogens is 2. The second-order valence-corrected chi connectivity index (χ2v) is 5.18. The van der Waals surface area contributed by atoms with Crippen molar-refractivity contribution in [2.75, 3.05) is 11.9 Å². The minimum atomic E-state index is 0.326. The van der Waals surface area contributed by atoms with Gasteiger partial charge in [-0.3, -0.25) is 0 Å². The van der Waals surface area contributed by atoms with Crippen molar-refractivity contribution in [3.63, 3.8) is 0 Å². The molecule has 2 aromatic rings. The summed E-state index contributed by atoms with van der Waals surface area (Å²) in [5, 5.41) is 0.956. The van der Waals surface area contributed by atoms with Crippen LogP contribution in [0.1, 0.15) is 5.56 Å². The average molecular weight is 312 g/mol. The minimum Gasteiger partial charge on any atom is -0.389 e. The molecular weight excluding hydrogens is 301 g/mol. The molecule has 0 saturated carbocycles. The van der Waals surface area contributed by atoms with Crippen molar-refractivity contribution < 1.29 is 0 Å². The topological polar surface area (TPSA) is 42.1 Å². The van der Waals surface area contributed by atoms with Crippen LogP contribution in [0.25, 0.3) is 0 Å². The van der Waals surface area contributed by atoms with E-state index in [4.69, 9.17) is 41.2 Å². The molecule has 0 amide bonds. The van der Waals surface area contributed by atoms with Gasteiger partial charge in [0.15, 0.2) is 5.82 Å². The number of hydrogen-bond donors (Lipinski definition) is 1. The molecule has 1 aromatic heterocycles. The zero-order valence-corrected chi connectivity index (χ0v) is 12.4. The van der Waals surface area contributed by atoms with Crippen LogP contribution >= 0.6 is 35.4 Å². The lowest BCUT2D eigenvalue weighted by Crippen LogP contribution is -2.18. The van der Waals surface area contributed by atoms with Crippen LogP contribution in [-0.2, 0) is 0 Å². The second kappa shape index (κ2) is 5.74. The van der Waals surface area contributed by atoms with Crippen LogP contribution in [0.4, 0.5) is 11.5 Å². The monoisotopic (exact) mass is 311 g/mol. The molecule has 98 valence electrons. The Kier molecular flexibility index (Phi) is 4.24. The number of anilines is 2. The van der Waals surface area contributed by atoms with Gasteiger partial charge in [-0.2, -0.15) is 0 Å². The van der Waals surface area contributed by atoms with E-state index in [9.17, 15) is 0 Å². The first-order chi connectivity index (χ1) is 9.00. The lowest BCUT2D eigenvalue weighted by Gasteiger charge is -2.22. The molecule has 2 rings (SSSR count). The Morgan fingerprint density at radius 2 is 2.00 bits per heavy atom. The third kappa shape index (κ3) is 2.97. The first-order valence-corrected chi connectivity index (χ1v) is 6.60. The summed E-state index contributed by atoms with van der Waals surface area (Å²) in [5.41, 5.74) is 7.33. The Hall–Kier alpha value is -1.36. The molecule has 0 aliphatic rings. The van der Waals surface area contributed by atoms with Gasteiger partial charge in [-0.05, 0) is 18.2 Å². The molecule has 0 saturated heterocycles. The van der Waals surface area contributed by atoms with Gasteiger partial charge < -0.3 is 10.6 Å². The summed E-state index contributed by atoms with van der Waals surface area (Å²) in [6, 6.07) is 9.19. The minimum absolute atomic E-state index is 0.326. The van der Waals surface area contributed by atoms with Crippen LogP contribution < -0.4 is 10.6 Å². The second-order valence-electron chi connectivity index (χ2n) is 3.90. The highest BCUT2D eigenvalue weighted by atomic mass is 35.5. The molecule has 19 heavy (non-hydrogen) atoms. The van der Waals surface area contributed by atoms with Gasteiger partial charge in [-0.1, -0.05) is 47.6 Å². The zero-order valence-electron chi connectivity index (χ0n) is 10.1. The lowest BCUT2D eigenvalue weighted by molar-refractivity contribution is 1.12. The summed E-state index contributed by atoms with van der Waals surface area (Å²) >= 11 is 17.0. The molecule has 1 heterocycles. The molecule has 0 atom stereocenters. The van der Waals surface area contributed by atoms with Crippen molar-refractivity contribution >= 4 is 51.9 Å². The third-order valence-electron chi connectivity index (χ3n) is 2.64. The van der Waals surface area contributed by atoms with Crippen LogP contribution in [0, 0.1) is 0 Å². The molecule has 0 aliphatic heterocycles. The van der Waals surface area contributed by atoms with E-state index in [0.29, 0.717) is 20.9 Å². The van der Waals surface area contributed by atoms with Gasteiger partial charge in [0.05, 0.1) is 15.7 Å². The quantitative estimate of drug-likeness (QED) is 0.876. The maximum absolute atomic E-state index is 6.15. The maximum Gasteiger partial charge on any atom is 0.151 e. The SMILES string of the molecule is CN(c1ccccc1C(N)=S)c1ncc(Cl)cc1Cl. The van der Waals surface area contributed by atoms with Crippen LogP contribution in [0.2, 0.25) is 10.0 Å². The van der Waals surface area contributed by atoms with Crippen molar-refractivity contribution in [2.24, 2.45) is 5.73 Å². The molecule has 0 radical (unpaired) electrons. The van der Waals surface area contributed by atoms with Crippen molar-refractivity contribution in [3.8, 4) is 0 Å². The highest BCUT2D eigenvalue weighted by Gasteiger charge is 2.14. The molecule has 0 unspecified atom stereocenters. The van der Waals surface area contributed by atoms with Crippen LogP contribution in [0.3, 0.4) is 0 Å². The molecule has 0 aliphatic carbocycles. The number of rotatable bonds is 3. The molecule has 0 fully saturated rings. The van der Waals surface area contributed by atoms with E-state index in [1.54, 1.807) is 12.3 Å². The van der Waals surface area contributed by atoms with E-state index >= 15 is 0 Å². The summed E-state index contributed by atoms with van der Waals surface area (Å²) in [6.45, 7) is 0. The summed E-state index contributed by atoms with van der Waals surface area (Å²) < 4.78 is 0. The number of nitrogens with two attached hydrogens (primary N) is 1. The molecule has 2 N–H and O–H groups in total. The summed E-state index contributed by atoms with van der Waals surface area (Å²) in [7, 11) is 1.85. The van der Waals surface area contributed by atoms with Gasteiger partial charge >= 0.3 is 0 Å². The Labute approximate surface area is 127 Å². The number of nitrogens with zero attached hydrogens (tertiary/aromatic N) is 2. The van der Waals surface area contributed by atoms with Crippen molar-refractivity contribution in [2.45, 2.75) is 0 Å². The van der Waals surface area contributed by atoms with Crippen LogP contribution in [0.5, 0.6) is 0 Å². The van der Waals surface area contributed by atoms with Gasteiger partial charge in [-0.15, -0.1) is 0 Å². The number of benzene rings is 1. The summed E-state index contributed by atoms with van der Waals surface area (Å²) in [5.74, 6) is 0.592.